The summed E-state index contributed by atoms with van der Waals surface area (Å²) in [6.45, 7) is 2.75. The molecule has 1 amide bonds. The van der Waals surface area contributed by atoms with Crippen molar-refractivity contribution in [2.45, 2.75) is 24.8 Å². The highest BCUT2D eigenvalue weighted by molar-refractivity contribution is 7.85. The molecule has 27 heavy (non-hydrogen) atoms. The van der Waals surface area contributed by atoms with Crippen molar-refractivity contribution in [2.24, 2.45) is 10.2 Å². The van der Waals surface area contributed by atoms with Crippen LogP contribution in [0.4, 0.5) is 11.4 Å². The number of aryl methyl sites for hydroxylation is 1. The Kier molecular flexibility index (Phi) is 6.42. The normalized spacial score (nSPS) is 12.7. The molecule has 0 aliphatic heterocycles. The first-order valence-electron chi connectivity index (χ1n) is 7.64. The number of nitrogens with zero attached hydrogens (tertiary/aromatic N) is 2. The third-order valence-corrected chi connectivity index (χ3v) is 4.69. The Morgan fingerprint density at radius 1 is 1.19 bits per heavy atom. The van der Waals surface area contributed by atoms with Gasteiger partial charge in [-0.2, -0.15) is 18.6 Å². The maximum Gasteiger partial charge on any atom is 0.294 e. The first-order chi connectivity index (χ1) is 12.6. The molecule has 2 aromatic rings. The molecule has 0 bridgehead atoms. The van der Waals surface area contributed by atoms with Crippen LogP contribution in [-0.2, 0) is 19.7 Å². The first-order valence-corrected chi connectivity index (χ1v) is 9.46. The summed E-state index contributed by atoms with van der Waals surface area (Å²) in [5.74, 6) is -1.23. The van der Waals surface area contributed by atoms with E-state index in [1.54, 1.807) is 31.2 Å². The quantitative estimate of drug-likeness (QED) is 0.428. The molecule has 0 saturated heterocycles. The molecule has 142 valence electrons. The molecule has 0 aromatic heterocycles. The Morgan fingerprint density at radius 3 is 2.41 bits per heavy atom. The van der Waals surface area contributed by atoms with E-state index in [1.807, 2.05) is 0 Å². The number of hydrogen-bond donors (Lipinski definition) is 2. The van der Waals surface area contributed by atoms with Crippen LogP contribution in [0.1, 0.15) is 12.5 Å². The van der Waals surface area contributed by atoms with Gasteiger partial charge in [0.1, 0.15) is 0 Å². The van der Waals surface area contributed by atoms with Crippen molar-refractivity contribution in [3.8, 4) is 0 Å². The summed E-state index contributed by atoms with van der Waals surface area (Å²) in [5.41, 5.74) is 0.973. The zero-order chi connectivity index (χ0) is 20.2. The van der Waals surface area contributed by atoms with E-state index in [0.717, 1.165) is 6.07 Å². The average molecular weight is 410 g/mol. The standard InChI is InChI=1S/C17H16ClN3O5S/c1-10-9-12(27(24,25)26)7-8-14(10)20-21-16(11(2)22)17(23)19-15-6-4-3-5-13(15)18/h3-9,16H,1-2H3,(H,19,23)(H,24,25,26). The number of ketones is 1. The van der Waals surface area contributed by atoms with Gasteiger partial charge in [-0.3, -0.25) is 14.1 Å². The van der Waals surface area contributed by atoms with Crippen LogP contribution >= 0.6 is 11.6 Å². The lowest BCUT2D eigenvalue weighted by Crippen LogP contribution is -2.31. The first kappa shape index (κ1) is 20.7. The minimum atomic E-state index is -4.34. The Bertz CT molecular complexity index is 1020. The van der Waals surface area contributed by atoms with E-state index < -0.39 is 27.9 Å². The Hall–Kier alpha value is -2.62. The fraction of sp³-hybridized carbons (Fsp3) is 0.176. The minimum absolute atomic E-state index is 0.249. The molecule has 10 heteroatoms. The molecule has 0 spiro atoms. The van der Waals surface area contributed by atoms with Gasteiger partial charge in [-0.15, -0.1) is 0 Å². The van der Waals surface area contributed by atoms with E-state index in [4.69, 9.17) is 16.2 Å². The highest BCUT2D eigenvalue weighted by Crippen LogP contribution is 2.24. The predicted molar refractivity (Wildman–Crippen MR) is 100 cm³/mol. The van der Waals surface area contributed by atoms with Gasteiger partial charge >= 0.3 is 0 Å². The number of azo groups is 1. The topological polar surface area (TPSA) is 125 Å². The zero-order valence-corrected chi connectivity index (χ0v) is 16.0. The second-order valence-electron chi connectivity index (χ2n) is 5.62. The van der Waals surface area contributed by atoms with Crippen LogP contribution in [-0.4, -0.2) is 30.7 Å². The van der Waals surface area contributed by atoms with Crippen LogP contribution < -0.4 is 5.32 Å². The monoisotopic (exact) mass is 409 g/mol. The smallest absolute Gasteiger partial charge is 0.294 e. The van der Waals surface area contributed by atoms with Crippen molar-refractivity contribution < 1.29 is 22.6 Å². The third-order valence-electron chi connectivity index (χ3n) is 3.51. The molecule has 0 fully saturated rings. The SMILES string of the molecule is CC(=O)C(N=Nc1ccc(S(=O)(=O)O)cc1C)C(=O)Nc1ccccc1Cl. The van der Waals surface area contributed by atoms with E-state index >= 15 is 0 Å². The number of carbonyl (C=O) groups is 2. The van der Waals surface area contributed by atoms with Crippen molar-refractivity contribution in [1.29, 1.82) is 0 Å². The van der Waals surface area contributed by atoms with E-state index in [0.29, 0.717) is 16.3 Å². The lowest BCUT2D eigenvalue weighted by molar-refractivity contribution is -0.126. The summed E-state index contributed by atoms with van der Waals surface area (Å²) < 4.78 is 31.3. The number of para-hydroxylation sites is 1. The molecule has 8 nitrogen and oxygen atoms in total. The number of Topliss-reactive ketones (excluding diaryl/α,β-unsaturated/α-hetero) is 1. The van der Waals surface area contributed by atoms with Crippen molar-refractivity contribution in [3.05, 3.63) is 53.1 Å². The van der Waals surface area contributed by atoms with E-state index in [-0.39, 0.29) is 10.6 Å². The zero-order valence-electron chi connectivity index (χ0n) is 14.4. The maximum absolute atomic E-state index is 12.3. The summed E-state index contributed by atoms with van der Waals surface area (Å²) in [6, 6.07) is 8.78. The number of nitrogens with one attached hydrogen (secondary N) is 1. The van der Waals surface area contributed by atoms with Crippen LogP contribution in [0.25, 0.3) is 0 Å². The second-order valence-corrected chi connectivity index (χ2v) is 7.45. The van der Waals surface area contributed by atoms with Crippen LogP contribution in [0.3, 0.4) is 0 Å². The summed E-state index contributed by atoms with van der Waals surface area (Å²) in [4.78, 5) is 23.8. The largest absolute Gasteiger partial charge is 0.322 e. The predicted octanol–water partition coefficient (Wildman–Crippen LogP) is 3.58. The summed E-state index contributed by atoms with van der Waals surface area (Å²) in [6.07, 6.45) is 0. The van der Waals surface area contributed by atoms with E-state index in [2.05, 4.69) is 15.5 Å². The average Bonchev–Trinajstić information content (AvgIpc) is 2.57. The number of amides is 1. The molecular weight excluding hydrogens is 394 g/mol. The molecule has 1 unspecified atom stereocenters. The Morgan fingerprint density at radius 2 is 1.85 bits per heavy atom. The number of carbonyl (C=O) groups excluding carboxylic acids is 2. The number of anilines is 1. The summed E-state index contributed by atoms with van der Waals surface area (Å²) in [7, 11) is -4.34. The lowest BCUT2D eigenvalue weighted by Gasteiger charge is -2.10. The number of hydrogen-bond acceptors (Lipinski definition) is 6. The van der Waals surface area contributed by atoms with Gasteiger partial charge in [0.05, 0.1) is 21.3 Å². The van der Waals surface area contributed by atoms with Gasteiger partial charge < -0.3 is 5.32 Å². The Labute approximate surface area is 161 Å². The lowest BCUT2D eigenvalue weighted by atomic mass is 10.2. The van der Waals surface area contributed by atoms with Gasteiger partial charge in [-0.1, -0.05) is 23.7 Å². The molecule has 0 radical (unpaired) electrons. The molecule has 0 aliphatic rings. The van der Waals surface area contributed by atoms with Crippen molar-refractivity contribution in [3.63, 3.8) is 0 Å². The maximum atomic E-state index is 12.3. The Balaban J connectivity index is 2.24. The van der Waals surface area contributed by atoms with Gasteiger partial charge in [0.2, 0.25) is 6.04 Å². The highest BCUT2D eigenvalue weighted by Gasteiger charge is 2.24. The molecule has 2 rings (SSSR count). The van der Waals surface area contributed by atoms with E-state index in [1.165, 1.54) is 19.1 Å². The minimum Gasteiger partial charge on any atom is -0.322 e. The molecule has 2 N–H and O–H groups in total. The van der Waals surface area contributed by atoms with Gasteiger partial charge in [-0.25, -0.2) is 0 Å². The highest BCUT2D eigenvalue weighted by atomic mass is 35.5. The van der Waals surface area contributed by atoms with Crippen LogP contribution in [0, 0.1) is 6.92 Å². The van der Waals surface area contributed by atoms with Crippen LogP contribution in [0.5, 0.6) is 0 Å². The second kappa shape index (κ2) is 8.38. The van der Waals surface area contributed by atoms with Crippen molar-refractivity contribution in [2.75, 3.05) is 5.32 Å². The number of benzene rings is 2. The molecule has 0 saturated carbocycles. The number of rotatable bonds is 6. The molecule has 1 atom stereocenters. The fourth-order valence-corrected chi connectivity index (χ4v) is 2.85. The molecular formula is C17H16ClN3O5S. The van der Waals surface area contributed by atoms with Crippen molar-refractivity contribution in [1.82, 2.24) is 0 Å². The molecule has 0 heterocycles. The van der Waals surface area contributed by atoms with Crippen LogP contribution in [0.15, 0.2) is 57.6 Å². The van der Waals surface area contributed by atoms with E-state index in [9.17, 15) is 18.0 Å². The van der Waals surface area contributed by atoms with Crippen LogP contribution in [0.2, 0.25) is 5.02 Å². The molecule has 0 aliphatic carbocycles. The van der Waals surface area contributed by atoms with Gasteiger partial charge in [0.25, 0.3) is 16.0 Å². The fourth-order valence-electron chi connectivity index (χ4n) is 2.10. The third kappa shape index (κ3) is 5.43. The van der Waals surface area contributed by atoms with Gasteiger partial charge in [0.15, 0.2) is 5.78 Å². The summed E-state index contributed by atoms with van der Waals surface area (Å²) >= 11 is 5.97. The van der Waals surface area contributed by atoms with Gasteiger partial charge in [-0.05, 0) is 49.7 Å². The molecule has 2 aromatic carbocycles. The number of halogens is 1. The van der Waals surface area contributed by atoms with Crippen molar-refractivity contribution >= 4 is 44.8 Å². The summed E-state index contributed by atoms with van der Waals surface area (Å²) in [5, 5.41) is 10.5. The van der Waals surface area contributed by atoms with Gasteiger partial charge in [0, 0.05) is 0 Å².